The Morgan fingerprint density at radius 1 is 1.12 bits per heavy atom. The molecule has 0 saturated carbocycles. The summed E-state index contributed by atoms with van der Waals surface area (Å²) in [5.41, 5.74) is 0.946. The summed E-state index contributed by atoms with van der Waals surface area (Å²) in [6, 6.07) is 11.1. The molecular formula is C13H12O3. The van der Waals surface area contributed by atoms with E-state index in [-0.39, 0.29) is 12.2 Å². The monoisotopic (exact) mass is 216 g/mol. The zero-order chi connectivity index (χ0) is 11.5. The van der Waals surface area contributed by atoms with Gasteiger partial charge in [-0.25, -0.2) is 4.79 Å². The third-order valence-corrected chi connectivity index (χ3v) is 2.58. The topological polar surface area (TPSA) is 57.5 Å². The average molecular weight is 216 g/mol. The van der Waals surface area contributed by atoms with Crippen LogP contribution in [0.4, 0.5) is 0 Å². The highest BCUT2D eigenvalue weighted by molar-refractivity contribution is 5.96. The molecule has 2 rings (SSSR count). The van der Waals surface area contributed by atoms with Crippen molar-refractivity contribution in [3.63, 3.8) is 0 Å². The van der Waals surface area contributed by atoms with Crippen molar-refractivity contribution < 1.29 is 15.0 Å². The highest BCUT2D eigenvalue weighted by atomic mass is 16.4. The number of hydrogen-bond acceptors (Lipinski definition) is 2. The van der Waals surface area contributed by atoms with Gasteiger partial charge in [0.15, 0.2) is 0 Å². The number of rotatable bonds is 3. The lowest BCUT2D eigenvalue weighted by molar-refractivity contribution is 0.0695. The molecule has 0 aromatic heterocycles. The van der Waals surface area contributed by atoms with Gasteiger partial charge in [0.25, 0.3) is 0 Å². The summed E-state index contributed by atoms with van der Waals surface area (Å²) in [6.45, 7) is -0.0430. The molecule has 3 heteroatoms. The van der Waals surface area contributed by atoms with Crippen molar-refractivity contribution in [1.82, 2.24) is 0 Å². The number of aliphatic hydroxyl groups is 1. The Kier molecular flexibility index (Phi) is 2.88. The Labute approximate surface area is 93.0 Å². The molecular weight excluding hydrogens is 204 g/mol. The van der Waals surface area contributed by atoms with E-state index in [0.717, 1.165) is 10.8 Å². The van der Waals surface area contributed by atoms with E-state index in [1.54, 1.807) is 6.07 Å². The first-order chi connectivity index (χ1) is 7.72. The quantitative estimate of drug-likeness (QED) is 0.825. The first kappa shape index (κ1) is 10.6. The predicted octanol–water partition coefficient (Wildman–Crippen LogP) is 2.07. The maximum Gasteiger partial charge on any atom is 0.335 e. The van der Waals surface area contributed by atoms with Gasteiger partial charge in [0.05, 0.1) is 5.56 Å². The number of carbonyl (C=O) groups is 1. The van der Waals surface area contributed by atoms with Gasteiger partial charge < -0.3 is 10.2 Å². The second-order valence-electron chi connectivity index (χ2n) is 3.64. The third-order valence-electron chi connectivity index (χ3n) is 2.58. The van der Waals surface area contributed by atoms with Crippen molar-refractivity contribution in [3.05, 3.63) is 47.5 Å². The van der Waals surface area contributed by atoms with Crippen molar-refractivity contribution in [1.29, 1.82) is 0 Å². The van der Waals surface area contributed by atoms with Crippen LogP contribution in [0.15, 0.2) is 36.4 Å². The van der Waals surface area contributed by atoms with Gasteiger partial charge in [0.2, 0.25) is 0 Å². The molecule has 0 aliphatic carbocycles. The van der Waals surface area contributed by atoms with Crippen LogP contribution in [0.1, 0.15) is 15.9 Å². The predicted molar refractivity (Wildman–Crippen MR) is 61.7 cm³/mol. The second-order valence-corrected chi connectivity index (χ2v) is 3.64. The van der Waals surface area contributed by atoms with Gasteiger partial charge in [-0.2, -0.15) is 0 Å². The molecule has 0 saturated heterocycles. The van der Waals surface area contributed by atoms with Gasteiger partial charge in [-0.3, -0.25) is 0 Å². The normalized spacial score (nSPS) is 10.6. The van der Waals surface area contributed by atoms with Crippen molar-refractivity contribution in [2.45, 2.75) is 6.42 Å². The molecule has 0 aliphatic heterocycles. The van der Waals surface area contributed by atoms with E-state index in [2.05, 4.69) is 0 Å². The van der Waals surface area contributed by atoms with E-state index in [1.807, 2.05) is 30.3 Å². The van der Waals surface area contributed by atoms with Gasteiger partial charge in [-0.15, -0.1) is 0 Å². The first-order valence-electron chi connectivity index (χ1n) is 5.08. The van der Waals surface area contributed by atoms with E-state index in [9.17, 15) is 4.79 Å². The maximum atomic E-state index is 11.1. The highest BCUT2D eigenvalue weighted by Gasteiger charge is 2.10. The molecule has 16 heavy (non-hydrogen) atoms. The lowest BCUT2D eigenvalue weighted by Crippen LogP contribution is -2.04. The fraction of sp³-hybridized carbons (Fsp3) is 0.154. The summed E-state index contributed by atoms with van der Waals surface area (Å²) in [7, 11) is 0. The molecule has 3 nitrogen and oxygen atoms in total. The third kappa shape index (κ3) is 1.90. The fourth-order valence-corrected chi connectivity index (χ4v) is 1.81. The highest BCUT2D eigenvalue weighted by Crippen LogP contribution is 2.20. The molecule has 0 aliphatic rings. The molecule has 0 spiro atoms. The van der Waals surface area contributed by atoms with Crippen molar-refractivity contribution in [3.8, 4) is 0 Å². The molecule has 82 valence electrons. The van der Waals surface area contributed by atoms with Crippen LogP contribution in [0, 0.1) is 0 Å². The zero-order valence-electron chi connectivity index (χ0n) is 8.68. The van der Waals surface area contributed by atoms with E-state index in [0.29, 0.717) is 12.0 Å². The van der Waals surface area contributed by atoms with Crippen LogP contribution in [0.25, 0.3) is 10.8 Å². The molecule has 0 atom stereocenters. The maximum absolute atomic E-state index is 11.1. The van der Waals surface area contributed by atoms with Crippen LogP contribution < -0.4 is 0 Å². The lowest BCUT2D eigenvalue weighted by Gasteiger charge is -2.07. The van der Waals surface area contributed by atoms with Gasteiger partial charge in [0.1, 0.15) is 0 Å². The summed E-state index contributed by atoms with van der Waals surface area (Å²) < 4.78 is 0. The number of benzene rings is 2. The van der Waals surface area contributed by atoms with E-state index in [4.69, 9.17) is 10.2 Å². The Hall–Kier alpha value is -1.87. The van der Waals surface area contributed by atoms with Crippen molar-refractivity contribution in [2.24, 2.45) is 0 Å². The molecule has 2 aromatic rings. The van der Waals surface area contributed by atoms with Gasteiger partial charge in [-0.05, 0) is 28.8 Å². The Balaban J connectivity index is 2.65. The average Bonchev–Trinajstić information content (AvgIpc) is 2.28. The Bertz CT molecular complexity index is 532. The lowest BCUT2D eigenvalue weighted by atomic mass is 9.99. The molecule has 0 heterocycles. The first-order valence-corrected chi connectivity index (χ1v) is 5.08. The van der Waals surface area contributed by atoms with Gasteiger partial charge >= 0.3 is 5.97 Å². The van der Waals surface area contributed by atoms with Crippen LogP contribution >= 0.6 is 0 Å². The Morgan fingerprint density at radius 2 is 1.75 bits per heavy atom. The van der Waals surface area contributed by atoms with Gasteiger partial charge in [-0.1, -0.05) is 30.3 Å². The molecule has 0 bridgehead atoms. The van der Waals surface area contributed by atoms with E-state index in [1.165, 1.54) is 0 Å². The number of hydrogen-bond donors (Lipinski definition) is 2. The number of fused-ring (bicyclic) bond motifs is 1. The summed E-state index contributed by atoms with van der Waals surface area (Å²) in [5, 5.41) is 19.9. The van der Waals surface area contributed by atoms with Crippen LogP contribution in [-0.4, -0.2) is 22.8 Å². The van der Waals surface area contributed by atoms with Crippen LogP contribution in [0.3, 0.4) is 0 Å². The smallest absolute Gasteiger partial charge is 0.335 e. The van der Waals surface area contributed by atoms with Crippen molar-refractivity contribution >= 4 is 16.7 Å². The van der Waals surface area contributed by atoms with Crippen LogP contribution in [0.2, 0.25) is 0 Å². The minimum absolute atomic E-state index is 0.0430. The molecule has 2 aromatic carbocycles. The number of aromatic carboxylic acids is 1. The minimum atomic E-state index is -0.950. The van der Waals surface area contributed by atoms with Gasteiger partial charge in [0, 0.05) is 6.61 Å². The summed E-state index contributed by atoms with van der Waals surface area (Å²) in [5.74, 6) is -0.950. The van der Waals surface area contributed by atoms with Crippen LogP contribution in [0.5, 0.6) is 0 Å². The number of carboxylic acids is 1. The molecule has 0 radical (unpaired) electrons. The molecule has 0 fully saturated rings. The summed E-state index contributed by atoms with van der Waals surface area (Å²) in [4.78, 5) is 11.1. The number of aliphatic hydroxyl groups excluding tert-OH is 1. The summed E-state index contributed by atoms with van der Waals surface area (Å²) in [6.07, 6.45) is 0.368. The van der Waals surface area contributed by atoms with E-state index < -0.39 is 5.97 Å². The molecule has 0 amide bonds. The SMILES string of the molecule is O=C(O)c1cc2ccccc2cc1CCO. The standard InChI is InChI=1S/C13H12O3/c14-6-5-11-7-9-3-1-2-4-10(9)8-12(11)13(15)16/h1-4,7-8,14H,5-6H2,(H,15,16). The molecule has 0 unspecified atom stereocenters. The minimum Gasteiger partial charge on any atom is -0.478 e. The Morgan fingerprint density at radius 3 is 2.31 bits per heavy atom. The largest absolute Gasteiger partial charge is 0.478 e. The van der Waals surface area contributed by atoms with E-state index >= 15 is 0 Å². The molecule has 2 N–H and O–H groups in total. The fourth-order valence-electron chi connectivity index (χ4n) is 1.81. The van der Waals surface area contributed by atoms with Crippen molar-refractivity contribution in [2.75, 3.05) is 6.61 Å². The summed E-state index contributed by atoms with van der Waals surface area (Å²) >= 11 is 0. The number of carboxylic acid groups (broad SMARTS) is 1. The van der Waals surface area contributed by atoms with Crippen LogP contribution in [-0.2, 0) is 6.42 Å². The zero-order valence-corrected chi connectivity index (χ0v) is 8.68. The second kappa shape index (κ2) is 4.33.